The van der Waals surface area contributed by atoms with E-state index in [4.69, 9.17) is 5.73 Å². The van der Waals surface area contributed by atoms with Gasteiger partial charge in [0.2, 0.25) is 0 Å². The van der Waals surface area contributed by atoms with Crippen LogP contribution in [0.4, 0.5) is 0 Å². The summed E-state index contributed by atoms with van der Waals surface area (Å²) < 4.78 is 33.6. The van der Waals surface area contributed by atoms with Crippen molar-refractivity contribution < 1.29 is 17.7 Å². The molecule has 0 aliphatic heterocycles. The Kier molecular flexibility index (Phi) is 6.12. The zero-order chi connectivity index (χ0) is 14.5. The lowest BCUT2D eigenvalue weighted by molar-refractivity contribution is 0.203. The first kappa shape index (κ1) is 16.3. The highest BCUT2D eigenvalue weighted by Crippen LogP contribution is 2.15. The van der Waals surface area contributed by atoms with E-state index in [1.807, 2.05) is 0 Å². The molecule has 5 nitrogen and oxygen atoms in total. The van der Waals surface area contributed by atoms with Crippen LogP contribution in [0.2, 0.25) is 0 Å². The van der Waals surface area contributed by atoms with E-state index in [-0.39, 0.29) is 17.3 Å². The Hall–Kier alpha value is -0.760. The van der Waals surface area contributed by atoms with E-state index in [2.05, 4.69) is 0 Å². The molecule has 0 aromatic heterocycles. The van der Waals surface area contributed by atoms with Crippen LogP contribution >= 0.6 is 0 Å². The Morgan fingerprint density at radius 2 is 1.89 bits per heavy atom. The molecule has 108 valence electrons. The highest BCUT2D eigenvalue weighted by Gasteiger charge is 2.13. The first-order chi connectivity index (χ1) is 8.81. The van der Waals surface area contributed by atoms with Gasteiger partial charge in [0.1, 0.15) is 9.84 Å². The van der Waals surface area contributed by atoms with Gasteiger partial charge in [-0.3, -0.25) is 4.21 Å². The topological polar surface area (TPSA) is 97.5 Å². The van der Waals surface area contributed by atoms with Crippen molar-refractivity contribution in [1.29, 1.82) is 0 Å². The maximum absolute atomic E-state index is 11.7. The quantitative estimate of drug-likeness (QED) is 0.737. The van der Waals surface area contributed by atoms with Crippen molar-refractivity contribution in [3.05, 3.63) is 35.4 Å². The SMILES string of the molecule is CS(=O)(=O)CCS(=O)CC(O)c1ccc(CN)cc1. The molecular weight excluding hydrogens is 286 g/mol. The molecular formula is C12H19NO4S2. The second-order valence-electron chi connectivity index (χ2n) is 4.40. The van der Waals surface area contributed by atoms with Crippen molar-refractivity contribution in [3.63, 3.8) is 0 Å². The van der Waals surface area contributed by atoms with Crippen LogP contribution in [0.1, 0.15) is 17.2 Å². The molecule has 0 heterocycles. The van der Waals surface area contributed by atoms with Gasteiger partial charge in [0, 0.05) is 29.4 Å². The predicted octanol–water partition coefficient (Wildman–Crippen LogP) is -0.0280. The largest absolute Gasteiger partial charge is 0.387 e. The normalized spacial score (nSPS) is 15.1. The Bertz CT molecular complexity index is 525. The van der Waals surface area contributed by atoms with Gasteiger partial charge in [-0.1, -0.05) is 24.3 Å². The second-order valence-corrected chi connectivity index (χ2v) is 8.28. The van der Waals surface area contributed by atoms with Gasteiger partial charge >= 0.3 is 0 Å². The van der Waals surface area contributed by atoms with Crippen molar-refractivity contribution in [1.82, 2.24) is 0 Å². The van der Waals surface area contributed by atoms with Crippen LogP contribution in [0.25, 0.3) is 0 Å². The van der Waals surface area contributed by atoms with Crippen molar-refractivity contribution in [2.24, 2.45) is 5.73 Å². The number of nitrogens with two attached hydrogens (primary N) is 1. The number of hydrogen-bond acceptors (Lipinski definition) is 5. The number of aliphatic hydroxyl groups excluding tert-OH is 1. The van der Waals surface area contributed by atoms with Crippen molar-refractivity contribution in [2.45, 2.75) is 12.6 Å². The third-order valence-electron chi connectivity index (χ3n) is 2.63. The number of hydrogen-bond donors (Lipinski definition) is 2. The number of aliphatic hydroxyl groups is 1. The lowest BCUT2D eigenvalue weighted by Gasteiger charge is -2.11. The highest BCUT2D eigenvalue weighted by atomic mass is 32.2. The van der Waals surface area contributed by atoms with Gasteiger partial charge in [0.25, 0.3) is 0 Å². The van der Waals surface area contributed by atoms with Crippen LogP contribution in [0.15, 0.2) is 24.3 Å². The van der Waals surface area contributed by atoms with Gasteiger partial charge in [-0.2, -0.15) is 0 Å². The summed E-state index contributed by atoms with van der Waals surface area (Å²) in [5.41, 5.74) is 7.08. The molecule has 0 saturated carbocycles. The van der Waals surface area contributed by atoms with E-state index in [0.717, 1.165) is 11.8 Å². The lowest BCUT2D eigenvalue weighted by atomic mass is 10.1. The van der Waals surface area contributed by atoms with E-state index in [9.17, 15) is 17.7 Å². The van der Waals surface area contributed by atoms with Gasteiger partial charge in [-0.05, 0) is 11.1 Å². The standard InChI is InChI=1S/C12H19NO4S2/c1-19(16,17)7-6-18(15)9-12(14)11-4-2-10(8-13)3-5-11/h2-5,12,14H,6-9,13H2,1H3. The van der Waals surface area contributed by atoms with Crippen molar-refractivity contribution >= 4 is 20.6 Å². The lowest BCUT2D eigenvalue weighted by Crippen LogP contribution is -2.17. The fraction of sp³-hybridized carbons (Fsp3) is 0.500. The molecule has 2 atom stereocenters. The summed E-state index contributed by atoms with van der Waals surface area (Å²) in [5, 5.41) is 9.91. The predicted molar refractivity (Wildman–Crippen MR) is 76.9 cm³/mol. The van der Waals surface area contributed by atoms with E-state index in [0.29, 0.717) is 12.1 Å². The molecule has 2 unspecified atom stereocenters. The van der Waals surface area contributed by atoms with Crippen molar-refractivity contribution in [2.75, 3.05) is 23.5 Å². The number of rotatable bonds is 7. The van der Waals surface area contributed by atoms with E-state index in [1.165, 1.54) is 0 Å². The first-order valence-corrected chi connectivity index (χ1v) is 9.36. The van der Waals surface area contributed by atoms with Crippen LogP contribution in [0, 0.1) is 0 Å². The highest BCUT2D eigenvalue weighted by molar-refractivity contribution is 7.92. The van der Waals surface area contributed by atoms with Crippen LogP contribution in [-0.4, -0.2) is 41.2 Å². The zero-order valence-corrected chi connectivity index (χ0v) is 12.4. The summed E-state index contributed by atoms with van der Waals surface area (Å²) in [4.78, 5) is 0. The molecule has 7 heteroatoms. The van der Waals surface area contributed by atoms with E-state index >= 15 is 0 Å². The smallest absolute Gasteiger partial charge is 0.148 e. The van der Waals surface area contributed by atoms with E-state index in [1.54, 1.807) is 24.3 Å². The molecule has 3 N–H and O–H groups in total. The summed E-state index contributed by atoms with van der Waals surface area (Å²) >= 11 is 0. The molecule has 0 amide bonds. The third kappa shape index (κ3) is 6.29. The number of sulfone groups is 1. The van der Waals surface area contributed by atoms with Gasteiger partial charge in [-0.15, -0.1) is 0 Å². The molecule has 0 aliphatic carbocycles. The number of benzene rings is 1. The monoisotopic (exact) mass is 305 g/mol. The molecule has 0 aliphatic rings. The minimum atomic E-state index is -3.12. The molecule has 0 fully saturated rings. The zero-order valence-electron chi connectivity index (χ0n) is 10.8. The molecule has 0 spiro atoms. The maximum atomic E-state index is 11.7. The molecule has 0 radical (unpaired) electrons. The Labute approximate surface area is 116 Å². The van der Waals surface area contributed by atoms with Crippen LogP contribution in [0.3, 0.4) is 0 Å². The van der Waals surface area contributed by atoms with Gasteiger partial charge < -0.3 is 10.8 Å². The maximum Gasteiger partial charge on any atom is 0.148 e. The molecule has 19 heavy (non-hydrogen) atoms. The third-order valence-corrected chi connectivity index (χ3v) is 5.18. The second kappa shape index (κ2) is 7.14. The van der Waals surface area contributed by atoms with Crippen LogP contribution in [0.5, 0.6) is 0 Å². The molecule has 0 bridgehead atoms. The Morgan fingerprint density at radius 3 is 2.37 bits per heavy atom. The first-order valence-electron chi connectivity index (χ1n) is 5.81. The van der Waals surface area contributed by atoms with Crippen molar-refractivity contribution in [3.8, 4) is 0 Å². The fourth-order valence-corrected chi connectivity index (χ4v) is 4.14. The average Bonchev–Trinajstić information content (AvgIpc) is 2.35. The summed E-state index contributed by atoms with van der Waals surface area (Å²) in [6.45, 7) is 0.427. The molecule has 1 rings (SSSR count). The molecule has 1 aromatic carbocycles. The molecule has 1 aromatic rings. The fourth-order valence-electron chi connectivity index (χ4n) is 1.48. The minimum absolute atomic E-state index is 0.0392. The van der Waals surface area contributed by atoms with Gasteiger partial charge in [0.05, 0.1) is 17.6 Å². The van der Waals surface area contributed by atoms with Crippen LogP contribution < -0.4 is 5.73 Å². The minimum Gasteiger partial charge on any atom is -0.387 e. The Morgan fingerprint density at radius 1 is 1.32 bits per heavy atom. The van der Waals surface area contributed by atoms with Gasteiger partial charge in [-0.25, -0.2) is 8.42 Å². The summed E-state index contributed by atoms with van der Waals surface area (Å²) in [6, 6.07) is 7.08. The summed E-state index contributed by atoms with van der Waals surface area (Å²) in [5.74, 6) is -0.0350. The van der Waals surface area contributed by atoms with Gasteiger partial charge in [0.15, 0.2) is 0 Å². The Balaban J connectivity index is 2.53. The summed E-state index contributed by atoms with van der Waals surface area (Å²) in [7, 11) is -4.48. The van der Waals surface area contributed by atoms with E-state index < -0.39 is 26.7 Å². The summed E-state index contributed by atoms with van der Waals surface area (Å²) in [6.07, 6.45) is 0.249. The molecule has 0 saturated heterocycles. The average molecular weight is 305 g/mol. The van der Waals surface area contributed by atoms with Crippen LogP contribution in [-0.2, 0) is 27.2 Å².